The molecule has 0 aromatic carbocycles. The molecular weight excluding hydrogens is 270 g/mol. The van der Waals surface area contributed by atoms with E-state index < -0.39 is 0 Å². The van der Waals surface area contributed by atoms with Gasteiger partial charge in [0.25, 0.3) is 0 Å². The summed E-state index contributed by atoms with van der Waals surface area (Å²) in [6.45, 7) is 8.84. The molecular formula is C15H23N3O3. The second kappa shape index (κ2) is 6.85. The third kappa shape index (κ3) is 3.91. The molecule has 2 heterocycles. The van der Waals surface area contributed by atoms with E-state index in [0.29, 0.717) is 24.9 Å². The van der Waals surface area contributed by atoms with E-state index in [-0.39, 0.29) is 18.1 Å². The summed E-state index contributed by atoms with van der Waals surface area (Å²) in [6.07, 6.45) is 3.13. The molecule has 116 valence electrons. The Morgan fingerprint density at radius 1 is 1.33 bits per heavy atom. The van der Waals surface area contributed by atoms with Gasteiger partial charge in [-0.15, -0.1) is 10.2 Å². The third-order valence-electron chi connectivity index (χ3n) is 3.62. The molecule has 1 aliphatic rings. The monoisotopic (exact) mass is 293 g/mol. The van der Waals surface area contributed by atoms with Crippen LogP contribution in [-0.2, 0) is 9.53 Å². The lowest BCUT2D eigenvalue weighted by molar-refractivity contribution is -0.141. The number of morpholine rings is 1. The van der Waals surface area contributed by atoms with Crippen LogP contribution in [0.1, 0.15) is 51.5 Å². The Balaban J connectivity index is 2.10. The van der Waals surface area contributed by atoms with Gasteiger partial charge in [-0.3, -0.25) is 4.79 Å². The number of carbonyl (C=O) groups is 1. The van der Waals surface area contributed by atoms with E-state index in [9.17, 15) is 4.79 Å². The molecule has 1 fully saturated rings. The standard InChI is InChI=1S/C15H23N3O3/c1-5-12(6-2)7-14(19)18-8-10(3)20-13(9-18)15-17-16-11(4)21-15/h7,10,13H,5-6,8-9H2,1-4H3/t10-,13-/m1/s1. The molecule has 0 unspecified atom stereocenters. The van der Waals surface area contributed by atoms with Crippen LogP contribution >= 0.6 is 0 Å². The lowest BCUT2D eigenvalue weighted by Gasteiger charge is -2.34. The highest BCUT2D eigenvalue weighted by Gasteiger charge is 2.31. The summed E-state index contributed by atoms with van der Waals surface area (Å²) in [6, 6.07) is 0. The number of carbonyl (C=O) groups excluding carboxylic acids is 1. The van der Waals surface area contributed by atoms with Crippen LogP contribution in [0.15, 0.2) is 16.1 Å². The molecule has 0 spiro atoms. The molecule has 1 saturated heterocycles. The van der Waals surface area contributed by atoms with Gasteiger partial charge < -0.3 is 14.1 Å². The van der Waals surface area contributed by atoms with Crippen molar-refractivity contribution in [2.75, 3.05) is 13.1 Å². The van der Waals surface area contributed by atoms with Gasteiger partial charge in [-0.2, -0.15) is 0 Å². The van der Waals surface area contributed by atoms with Gasteiger partial charge in [-0.25, -0.2) is 0 Å². The number of rotatable bonds is 4. The first-order valence-electron chi connectivity index (χ1n) is 7.47. The maximum absolute atomic E-state index is 12.4. The van der Waals surface area contributed by atoms with Gasteiger partial charge in [0.1, 0.15) is 0 Å². The quantitative estimate of drug-likeness (QED) is 0.797. The molecule has 1 aromatic heterocycles. The van der Waals surface area contributed by atoms with E-state index in [2.05, 4.69) is 24.0 Å². The summed E-state index contributed by atoms with van der Waals surface area (Å²) < 4.78 is 11.2. The SMILES string of the molecule is CCC(=CC(=O)N1C[C@@H](C)O[C@@H](c2nnc(C)o2)C1)CC. The second-order valence-electron chi connectivity index (χ2n) is 5.35. The van der Waals surface area contributed by atoms with E-state index in [1.54, 1.807) is 17.9 Å². The number of ether oxygens (including phenoxy) is 1. The van der Waals surface area contributed by atoms with Crippen LogP contribution in [0.25, 0.3) is 0 Å². The number of amides is 1. The first kappa shape index (κ1) is 15.7. The smallest absolute Gasteiger partial charge is 0.247 e. The highest BCUT2D eigenvalue weighted by Crippen LogP contribution is 2.24. The highest BCUT2D eigenvalue weighted by molar-refractivity contribution is 5.88. The Hall–Kier alpha value is -1.69. The predicted octanol–water partition coefficient (Wildman–Crippen LogP) is 2.41. The lowest BCUT2D eigenvalue weighted by atomic mass is 10.1. The molecule has 0 bridgehead atoms. The summed E-state index contributed by atoms with van der Waals surface area (Å²) in [7, 11) is 0. The first-order valence-corrected chi connectivity index (χ1v) is 7.47. The molecule has 6 heteroatoms. The fourth-order valence-electron chi connectivity index (χ4n) is 2.43. The fraction of sp³-hybridized carbons (Fsp3) is 0.667. The fourth-order valence-corrected chi connectivity index (χ4v) is 2.43. The van der Waals surface area contributed by atoms with Gasteiger partial charge in [0, 0.05) is 19.5 Å². The molecule has 0 aliphatic carbocycles. The molecule has 1 aromatic rings. The Morgan fingerprint density at radius 3 is 2.62 bits per heavy atom. The minimum atomic E-state index is -0.348. The number of aryl methyl sites for hydroxylation is 1. The second-order valence-corrected chi connectivity index (χ2v) is 5.35. The maximum atomic E-state index is 12.4. The average molecular weight is 293 g/mol. The zero-order chi connectivity index (χ0) is 15.4. The van der Waals surface area contributed by atoms with Crippen LogP contribution in [0, 0.1) is 6.92 Å². The van der Waals surface area contributed by atoms with E-state index in [1.807, 2.05) is 6.92 Å². The van der Waals surface area contributed by atoms with Crippen molar-refractivity contribution in [1.82, 2.24) is 15.1 Å². The van der Waals surface area contributed by atoms with E-state index in [4.69, 9.17) is 9.15 Å². The Bertz CT molecular complexity index is 518. The van der Waals surface area contributed by atoms with Crippen molar-refractivity contribution in [3.05, 3.63) is 23.4 Å². The number of hydrogen-bond acceptors (Lipinski definition) is 5. The van der Waals surface area contributed by atoms with E-state index in [0.717, 1.165) is 18.4 Å². The predicted molar refractivity (Wildman–Crippen MR) is 77.6 cm³/mol. The van der Waals surface area contributed by atoms with Gasteiger partial charge >= 0.3 is 0 Å². The van der Waals surface area contributed by atoms with Crippen LogP contribution in [-0.4, -0.2) is 40.2 Å². The number of nitrogens with zero attached hydrogens (tertiary/aromatic N) is 3. The van der Waals surface area contributed by atoms with Crippen molar-refractivity contribution in [3.8, 4) is 0 Å². The summed E-state index contributed by atoms with van der Waals surface area (Å²) in [4.78, 5) is 14.2. The lowest BCUT2D eigenvalue weighted by Crippen LogP contribution is -2.45. The minimum absolute atomic E-state index is 0.0325. The Labute approximate surface area is 125 Å². The Kier molecular flexibility index (Phi) is 5.12. The molecule has 0 N–H and O–H groups in total. The van der Waals surface area contributed by atoms with Gasteiger partial charge in [0.15, 0.2) is 6.10 Å². The molecule has 1 amide bonds. The largest absolute Gasteiger partial charge is 0.423 e. The van der Waals surface area contributed by atoms with Crippen molar-refractivity contribution in [1.29, 1.82) is 0 Å². The van der Waals surface area contributed by atoms with Gasteiger partial charge in [-0.1, -0.05) is 19.4 Å². The maximum Gasteiger partial charge on any atom is 0.247 e. The van der Waals surface area contributed by atoms with Crippen LogP contribution < -0.4 is 0 Å². The summed E-state index contributed by atoms with van der Waals surface area (Å²) in [5.74, 6) is 0.973. The summed E-state index contributed by atoms with van der Waals surface area (Å²) in [5, 5.41) is 7.82. The molecule has 1 aliphatic heterocycles. The van der Waals surface area contributed by atoms with Crippen molar-refractivity contribution < 1.29 is 13.9 Å². The number of allylic oxidation sites excluding steroid dienone is 1. The van der Waals surface area contributed by atoms with Crippen molar-refractivity contribution in [3.63, 3.8) is 0 Å². The van der Waals surface area contributed by atoms with E-state index >= 15 is 0 Å². The Morgan fingerprint density at radius 2 is 2.05 bits per heavy atom. The zero-order valence-electron chi connectivity index (χ0n) is 13.1. The van der Waals surface area contributed by atoms with Crippen LogP contribution in [0.4, 0.5) is 0 Å². The van der Waals surface area contributed by atoms with Gasteiger partial charge in [-0.05, 0) is 19.8 Å². The normalized spacial score (nSPS) is 22.2. The van der Waals surface area contributed by atoms with Crippen molar-refractivity contribution in [2.45, 2.75) is 52.7 Å². The molecule has 6 nitrogen and oxygen atoms in total. The van der Waals surface area contributed by atoms with Crippen LogP contribution in [0.5, 0.6) is 0 Å². The number of hydrogen-bond donors (Lipinski definition) is 0. The molecule has 2 atom stereocenters. The van der Waals surface area contributed by atoms with Crippen molar-refractivity contribution >= 4 is 5.91 Å². The van der Waals surface area contributed by atoms with Gasteiger partial charge in [0.05, 0.1) is 12.6 Å². The molecule has 0 radical (unpaired) electrons. The van der Waals surface area contributed by atoms with Crippen LogP contribution in [0.3, 0.4) is 0 Å². The van der Waals surface area contributed by atoms with Crippen LogP contribution in [0.2, 0.25) is 0 Å². The van der Waals surface area contributed by atoms with Gasteiger partial charge in [0.2, 0.25) is 17.7 Å². The highest BCUT2D eigenvalue weighted by atomic mass is 16.5. The van der Waals surface area contributed by atoms with E-state index in [1.165, 1.54) is 0 Å². The van der Waals surface area contributed by atoms with Crippen molar-refractivity contribution in [2.24, 2.45) is 0 Å². The zero-order valence-corrected chi connectivity index (χ0v) is 13.1. The number of aromatic nitrogens is 2. The summed E-state index contributed by atoms with van der Waals surface area (Å²) >= 11 is 0. The first-order chi connectivity index (χ1) is 10.0. The molecule has 0 saturated carbocycles. The summed E-state index contributed by atoms with van der Waals surface area (Å²) in [5.41, 5.74) is 1.16. The molecule has 2 rings (SSSR count). The third-order valence-corrected chi connectivity index (χ3v) is 3.62. The molecule has 21 heavy (non-hydrogen) atoms. The average Bonchev–Trinajstić information content (AvgIpc) is 2.90. The minimum Gasteiger partial charge on any atom is -0.423 e. The topological polar surface area (TPSA) is 68.5 Å².